The van der Waals surface area contributed by atoms with Crippen molar-refractivity contribution in [3.8, 4) is 0 Å². The quantitative estimate of drug-likeness (QED) is 0.640. The van der Waals surface area contributed by atoms with Crippen LogP contribution in [-0.4, -0.2) is 17.7 Å². The summed E-state index contributed by atoms with van der Waals surface area (Å²) in [5.74, 6) is 0. The predicted molar refractivity (Wildman–Crippen MR) is 40.6 cm³/mol. The van der Waals surface area contributed by atoms with Crippen molar-refractivity contribution in [2.45, 2.75) is 12.5 Å². The Balaban J connectivity index is 2.03. The Kier molecular flexibility index (Phi) is 1.64. The van der Waals surface area contributed by atoms with Crippen LogP contribution in [0, 0.1) is 0 Å². The van der Waals surface area contributed by atoms with E-state index in [0.29, 0.717) is 10.6 Å². The number of rotatable bonds is 2. The van der Waals surface area contributed by atoms with Crippen LogP contribution in [0.5, 0.6) is 0 Å². The highest BCUT2D eigenvalue weighted by atomic mass is 35.5. The van der Waals surface area contributed by atoms with Crippen molar-refractivity contribution >= 4 is 22.9 Å². The van der Waals surface area contributed by atoms with Gasteiger partial charge in [0.15, 0.2) is 4.47 Å². The van der Waals surface area contributed by atoms with Gasteiger partial charge in [-0.25, -0.2) is 4.98 Å². The van der Waals surface area contributed by atoms with E-state index in [1.165, 1.54) is 16.2 Å². The standard InChI is InChI=1S/C6H6ClNOS/c7-6-8-2-5(10-6)1-4-3-9-4/h2,4H,1,3H2. The van der Waals surface area contributed by atoms with Crippen molar-refractivity contribution < 1.29 is 4.74 Å². The Hall–Kier alpha value is -0.120. The van der Waals surface area contributed by atoms with Crippen LogP contribution in [0.1, 0.15) is 4.88 Å². The van der Waals surface area contributed by atoms with E-state index in [9.17, 15) is 0 Å². The first-order valence-electron chi connectivity index (χ1n) is 3.06. The summed E-state index contributed by atoms with van der Waals surface area (Å²) >= 11 is 7.16. The molecule has 54 valence electrons. The molecule has 1 aliphatic rings. The SMILES string of the molecule is Clc1ncc(CC2CO2)s1. The lowest BCUT2D eigenvalue weighted by molar-refractivity contribution is 0.408. The lowest BCUT2D eigenvalue weighted by atomic mass is 10.3. The zero-order chi connectivity index (χ0) is 6.97. The molecular formula is C6H6ClNOS. The Morgan fingerprint density at radius 3 is 3.20 bits per heavy atom. The van der Waals surface area contributed by atoms with Crippen LogP contribution in [0.15, 0.2) is 6.20 Å². The molecule has 0 amide bonds. The van der Waals surface area contributed by atoms with Gasteiger partial charge in [-0.1, -0.05) is 11.6 Å². The normalized spacial score (nSPS) is 23.1. The highest BCUT2D eigenvalue weighted by Gasteiger charge is 2.23. The van der Waals surface area contributed by atoms with Crippen LogP contribution < -0.4 is 0 Å². The third-order valence-corrected chi connectivity index (χ3v) is 2.49. The summed E-state index contributed by atoms with van der Waals surface area (Å²) in [7, 11) is 0. The van der Waals surface area contributed by atoms with Gasteiger partial charge < -0.3 is 4.74 Å². The van der Waals surface area contributed by atoms with Gasteiger partial charge in [-0.15, -0.1) is 11.3 Å². The van der Waals surface area contributed by atoms with Crippen LogP contribution in [0.2, 0.25) is 4.47 Å². The van der Waals surface area contributed by atoms with E-state index in [2.05, 4.69) is 4.98 Å². The number of nitrogens with zero attached hydrogens (tertiary/aromatic N) is 1. The first-order chi connectivity index (χ1) is 4.84. The summed E-state index contributed by atoms with van der Waals surface area (Å²) in [4.78, 5) is 5.14. The van der Waals surface area contributed by atoms with E-state index in [0.717, 1.165) is 13.0 Å². The first kappa shape index (κ1) is 6.58. The molecule has 10 heavy (non-hydrogen) atoms. The van der Waals surface area contributed by atoms with Gasteiger partial charge in [0.2, 0.25) is 0 Å². The fourth-order valence-electron chi connectivity index (χ4n) is 0.788. The molecule has 0 N–H and O–H groups in total. The maximum absolute atomic E-state index is 5.63. The zero-order valence-corrected chi connectivity index (χ0v) is 6.78. The fraction of sp³-hybridized carbons (Fsp3) is 0.500. The zero-order valence-electron chi connectivity index (χ0n) is 5.21. The molecule has 2 nitrogen and oxygen atoms in total. The predicted octanol–water partition coefficient (Wildman–Crippen LogP) is 1.74. The van der Waals surface area contributed by atoms with Crippen LogP contribution >= 0.6 is 22.9 Å². The van der Waals surface area contributed by atoms with E-state index in [1.807, 2.05) is 6.20 Å². The third kappa shape index (κ3) is 1.48. The molecule has 1 aromatic rings. The minimum Gasteiger partial charge on any atom is -0.373 e. The highest BCUT2D eigenvalue weighted by molar-refractivity contribution is 7.15. The molecule has 0 aromatic carbocycles. The van der Waals surface area contributed by atoms with Gasteiger partial charge in [-0.3, -0.25) is 0 Å². The molecule has 4 heteroatoms. The monoisotopic (exact) mass is 175 g/mol. The second-order valence-corrected chi connectivity index (χ2v) is 3.94. The van der Waals surface area contributed by atoms with Crippen molar-refractivity contribution in [1.82, 2.24) is 4.98 Å². The lowest BCUT2D eigenvalue weighted by Gasteiger charge is -1.84. The van der Waals surface area contributed by atoms with E-state index < -0.39 is 0 Å². The molecule has 1 unspecified atom stereocenters. The number of hydrogen-bond acceptors (Lipinski definition) is 3. The summed E-state index contributed by atoms with van der Waals surface area (Å²) in [5, 5.41) is 0. The van der Waals surface area contributed by atoms with Gasteiger partial charge in [0.25, 0.3) is 0 Å². The molecule has 1 aromatic heterocycles. The summed E-state index contributed by atoms with van der Waals surface area (Å²) < 4.78 is 5.68. The molecule has 1 saturated heterocycles. The molecular weight excluding hydrogens is 170 g/mol. The first-order valence-corrected chi connectivity index (χ1v) is 4.26. The maximum atomic E-state index is 5.63. The molecule has 1 atom stereocenters. The van der Waals surface area contributed by atoms with Crippen LogP contribution in [0.3, 0.4) is 0 Å². The minimum absolute atomic E-state index is 0.441. The molecule has 0 radical (unpaired) electrons. The van der Waals surface area contributed by atoms with Crippen molar-refractivity contribution in [2.24, 2.45) is 0 Å². The number of aromatic nitrogens is 1. The third-order valence-electron chi connectivity index (χ3n) is 1.36. The van der Waals surface area contributed by atoms with E-state index >= 15 is 0 Å². The van der Waals surface area contributed by atoms with E-state index in [4.69, 9.17) is 16.3 Å². The van der Waals surface area contributed by atoms with Gasteiger partial charge in [0.1, 0.15) is 0 Å². The Morgan fingerprint density at radius 2 is 2.70 bits per heavy atom. The summed E-state index contributed by atoms with van der Waals surface area (Å²) in [6.07, 6.45) is 3.23. The Labute approximate surface area is 67.8 Å². The lowest BCUT2D eigenvalue weighted by Crippen LogP contribution is -1.87. The number of epoxide rings is 1. The number of ether oxygens (including phenoxy) is 1. The second kappa shape index (κ2) is 2.49. The average molecular weight is 176 g/mol. The van der Waals surface area contributed by atoms with Gasteiger partial charge in [-0.2, -0.15) is 0 Å². The highest BCUT2D eigenvalue weighted by Crippen LogP contribution is 2.23. The second-order valence-electron chi connectivity index (χ2n) is 2.24. The van der Waals surface area contributed by atoms with Crippen LogP contribution in [0.25, 0.3) is 0 Å². The minimum atomic E-state index is 0.441. The Bertz CT molecular complexity index is 233. The molecule has 0 spiro atoms. The fourth-order valence-corrected chi connectivity index (χ4v) is 1.83. The smallest absolute Gasteiger partial charge is 0.183 e. The number of halogens is 1. The molecule has 0 aliphatic carbocycles. The van der Waals surface area contributed by atoms with Crippen molar-refractivity contribution in [3.05, 3.63) is 15.5 Å². The molecule has 1 aliphatic heterocycles. The van der Waals surface area contributed by atoms with Crippen molar-refractivity contribution in [3.63, 3.8) is 0 Å². The maximum Gasteiger partial charge on any atom is 0.183 e. The molecule has 1 fully saturated rings. The van der Waals surface area contributed by atoms with Crippen LogP contribution in [0.4, 0.5) is 0 Å². The van der Waals surface area contributed by atoms with Gasteiger partial charge in [0, 0.05) is 17.5 Å². The van der Waals surface area contributed by atoms with Crippen molar-refractivity contribution in [1.29, 1.82) is 0 Å². The average Bonchev–Trinajstić information content (AvgIpc) is 2.59. The number of hydrogen-bond donors (Lipinski definition) is 0. The van der Waals surface area contributed by atoms with Crippen LogP contribution in [-0.2, 0) is 11.2 Å². The summed E-state index contributed by atoms with van der Waals surface area (Å²) in [6, 6.07) is 0. The molecule has 2 heterocycles. The summed E-state index contributed by atoms with van der Waals surface area (Å²) in [5.41, 5.74) is 0. The van der Waals surface area contributed by atoms with E-state index in [1.54, 1.807) is 0 Å². The molecule has 0 saturated carbocycles. The van der Waals surface area contributed by atoms with Gasteiger partial charge >= 0.3 is 0 Å². The largest absolute Gasteiger partial charge is 0.373 e. The van der Waals surface area contributed by atoms with Crippen molar-refractivity contribution in [2.75, 3.05) is 6.61 Å². The number of thiazole rings is 1. The Morgan fingerprint density at radius 1 is 1.90 bits per heavy atom. The summed E-state index contributed by atoms with van der Waals surface area (Å²) in [6.45, 7) is 0.898. The topological polar surface area (TPSA) is 25.4 Å². The van der Waals surface area contributed by atoms with Gasteiger partial charge in [0.05, 0.1) is 12.7 Å². The van der Waals surface area contributed by atoms with Gasteiger partial charge in [-0.05, 0) is 0 Å². The molecule has 0 bridgehead atoms. The van der Waals surface area contributed by atoms with E-state index in [-0.39, 0.29) is 0 Å². The molecule has 2 rings (SSSR count).